The molecule has 0 radical (unpaired) electrons. The average Bonchev–Trinajstić information content (AvgIpc) is 3.04. The Hall–Kier alpha value is -1.49. The van der Waals surface area contributed by atoms with E-state index in [0.29, 0.717) is 0 Å². The van der Waals surface area contributed by atoms with Crippen LogP contribution in [0.4, 0.5) is 0 Å². The third-order valence-corrected chi connectivity index (χ3v) is 5.88. The van der Waals surface area contributed by atoms with Crippen molar-refractivity contribution in [3.63, 3.8) is 0 Å². The molecule has 1 aromatic carbocycles. The lowest BCUT2D eigenvalue weighted by molar-refractivity contribution is -0.120. The molecule has 0 saturated carbocycles. The molecule has 1 aromatic rings. The highest BCUT2D eigenvalue weighted by atomic mass is 32.2. The Morgan fingerprint density at radius 2 is 1.87 bits per heavy atom. The minimum absolute atomic E-state index is 0.0587. The van der Waals surface area contributed by atoms with Gasteiger partial charge in [0.25, 0.3) is 5.91 Å². The van der Waals surface area contributed by atoms with Gasteiger partial charge in [-0.3, -0.25) is 9.59 Å². The molecule has 5 heteroatoms. The molecule has 0 aliphatic carbocycles. The Morgan fingerprint density at radius 3 is 2.61 bits per heavy atom. The summed E-state index contributed by atoms with van der Waals surface area (Å²) < 4.78 is 0. The van der Waals surface area contributed by atoms with E-state index in [4.69, 9.17) is 0 Å². The Balaban J connectivity index is 1.54. The molecule has 23 heavy (non-hydrogen) atoms. The molecule has 0 aromatic heterocycles. The zero-order valence-electron chi connectivity index (χ0n) is 13.4. The second-order valence-corrected chi connectivity index (χ2v) is 7.47. The maximum atomic E-state index is 12.3. The zero-order valence-corrected chi connectivity index (χ0v) is 14.2. The third-order valence-electron chi connectivity index (χ3n) is 4.53. The van der Waals surface area contributed by atoms with E-state index in [1.54, 1.807) is 11.8 Å². The number of rotatable bonds is 4. The number of likely N-dealkylation sites (tertiary alicyclic amines) is 1. The summed E-state index contributed by atoms with van der Waals surface area (Å²) in [5, 5.41) is 3.03. The van der Waals surface area contributed by atoms with Crippen LogP contribution in [0.1, 0.15) is 48.0 Å². The minimum atomic E-state index is 0.0587. The van der Waals surface area contributed by atoms with Crippen LogP contribution in [0.5, 0.6) is 0 Å². The number of hydrogen-bond donors (Lipinski definition) is 1. The smallest absolute Gasteiger partial charge is 0.253 e. The van der Waals surface area contributed by atoms with Crippen LogP contribution in [0.3, 0.4) is 0 Å². The molecule has 1 N–H and O–H groups in total. The molecule has 2 fully saturated rings. The number of benzene rings is 1. The van der Waals surface area contributed by atoms with Gasteiger partial charge in [0, 0.05) is 31.0 Å². The fourth-order valence-corrected chi connectivity index (χ4v) is 4.27. The van der Waals surface area contributed by atoms with Crippen LogP contribution in [0.15, 0.2) is 24.3 Å². The predicted molar refractivity (Wildman–Crippen MR) is 93.5 cm³/mol. The van der Waals surface area contributed by atoms with Gasteiger partial charge in [0.05, 0.1) is 5.25 Å². The van der Waals surface area contributed by atoms with E-state index in [1.165, 1.54) is 5.56 Å². The highest BCUT2D eigenvalue weighted by Crippen LogP contribution is 2.24. The van der Waals surface area contributed by atoms with Crippen LogP contribution >= 0.6 is 11.8 Å². The average molecular weight is 332 g/mol. The van der Waals surface area contributed by atoms with Crippen molar-refractivity contribution in [1.82, 2.24) is 10.2 Å². The SMILES string of the molecule is O=C1NCCCCC1SCc1ccc(C(=O)N2CCCC2)cc1. The second-order valence-electron chi connectivity index (χ2n) is 6.28. The van der Waals surface area contributed by atoms with Gasteiger partial charge in [-0.1, -0.05) is 18.6 Å². The van der Waals surface area contributed by atoms with E-state index in [0.717, 1.165) is 63.1 Å². The van der Waals surface area contributed by atoms with Crippen molar-refractivity contribution < 1.29 is 9.59 Å². The Kier molecular flexibility index (Phi) is 5.60. The summed E-state index contributed by atoms with van der Waals surface area (Å²) in [4.78, 5) is 26.2. The quantitative estimate of drug-likeness (QED) is 0.922. The summed E-state index contributed by atoms with van der Waals surface area (Å²) in [5.74, 6) is 1.13. The van der Waals surface area contributed by atoms with E-state index < -0.39 is 0 Å². The molecule has 2 heterocycles. The van der Waals surface area contributed by atoms with Crippen molar-refractivity contribution in [3.8, 4) is 0 Å². The van der Waals surface area contributed by atoms with E-state index in [9.17, 15) is 9.59 Å². The van der Waals surface area contributed by atoms with Gasteiger partial charge in [0.2, 0.25) is 5.91 Å². The van der Waals surface area contributed by atoms with Gasteiger partial charge in [-0.2, -0.15) is 0 Å². The maximum Gasteiger partial charge on any atom is 0.253 e. The summed E-state index contributed by atoms with van der Waals surface area (Å²) >= 11 is 1.70. The first-order valence-electron chi connectivity index (χ1n) is 8.51. The van der Waals surface area contributed by atoms with E-state index in [2.05, 4.69) is 5.32 Å². The molecule has 2 aliphatic rings. The lowest BCUT2D eigenvalue weighted by Crippen LogP contribution is -2.30. The molecule has 2 aliphatic heterocycles. The highest BCUT2D eigenvalue weighted by Gasteiger charge is 2.21. The maximum absolute atomic E-state index is 12.3. The fourth-order valence-electron chi connectivity index (χ4n) is 3.11. The summed E-state index contributed by atoms with van der Waals surface area (Å²) in [6.45, 7) is 2.57. The van der Waals surface area contributed by atoms with E-state index in [-0.39, 0.29) is 17.1 Å². The van der Waals surface area contributed by atoms with Crippen LogP contribution < -0.4 is 5.32 Å². The summed E-state index contributed by atoms with van der Waals surface area (Å²) in [6.07, 6.45) is 5.38. The van der Waals surface area contributed by atoms with Gasteiger partial charge in [0.15, 0.2) is 0 Å². The molecule has 2 amide bonds. The molecule has 2 saturated heterocycles. The number of thioether (sulfide) groups is 1. The van der Waals surface area contributed by atoms with E-state index >= 15 is 0 Å². The van der Waals surface area contributed by atoms with E-state index in [1.807, 2.05) is 29.2 Å². The largest absolute Gasteiger partial charge is 0.355 e. The monoisotopic (exact) mass is 332 g/mol. The van der Waals surface area contributed by atoms with Crippen molar-refractivity contribution in [1.29, 1.82) is 0 Å². The second kappa shape index (κ2) is 7.86. The molecule has 0 bridgehead atoms. The highest BCUT2D eigenvalue weighted by molar-refractivity contribution is 7.99. The number of hydrogen-bond acceptors (Lipinski definition) is 3. The normalized spacial score (nSPS) is 21.8. The lowest BCUT2D eigenvalue weighted by Gasteiger charge is -2.15. The van der Waals surface area contributed by atoms with Crippen LogP contribution in [0.2, 0.25) is 0 Å². The van der Waals surface area contributed by atoms with Gasteiger partial charge >= 0.3 is 0 Å². The molecule has 124 valence electrons. The topological polar surface area (TPSA) is 49.4 Å². The fraction of sp³-hybridized carbons (Fsp3) is 0.556. The van der Waals surface area contributed by atoms with Crippen molar-refractivity contribution >= 4 is 23.6 Å². The number of nitrogens with zero attached hydrogens (tertiary/aromatic N) is 1. The van der Waals surface area contributed by atoms with Gasteiger partial charge in [0.1, 0.15) is 0 Å². The molecule has 3 rings (SSSR count). The number of amides is 2. The Labute approximate surface area is 142 Å². The predicted octanol–water partition coefficient (Wildman–Crippen LogP) is 2.82. The summed E-state index contributed by atoms with van der Waals surface area (Å²) in [7, 11) is 0. The molecule has 4 nitrogen and oxygen atoms in total. The lowest BCUT2D eigenvalue weighted by atomic mass is 10.1. The van der Waals surface area contributed by atoms with Crippen LogP contribution in [-0.4, -0.2) is 41.6 Å². The van der Waals surface area contributed by atoms with Crippen LogP contribution in [0, 0.1) is 0 Å². The van der Waals surface area contributed by atoms with Crippen molar-refractivity contribution in [2.75, 3.05) is 19.6 Å². The van der Waals surface area contributed by atoms with Gasteiger partial charge in [-0.05, 0) is 43.4 Å². The minimum Gasteiger partial charge on any atom is -0.355 e. The first-order chi connectivity index (χ1) is 11.2. The van der Waals surface area contributed by atoms with Crippen molar-refractivity contribution in [2.45, 2.75) is 43.1 Å². The zero-order chi connectivity index (χ0) is 16.1. The van der Waals surface area contributed by atoms with Gasteiger partial charge in [-0.15, -0.1) is 11.8 Å². The summed E-state index contributed by atoms with van der Waals surface area (Å²) in [6, 6.07) is 7.88. The van der Waals surface area contributed by atoms with Crippen LogP contribution in [-0.2, 0) is 10.5 Å². The van der Waals surface area contributed by atoms with Crippen molar-refractivity contribution in [3.05, 3.63) is 35.4 Å². The Bertz CT molecular complexity index is 553. The molecule has 1 atom stereocenters. The van der Waals surface area contributed by atoms with Gasteiger partial charge < -0.3 is 10.2 Å². The van der Waals surface area contributed by atoms with Crippen molar-refractivity contribution in [2.24, 2.45) is 0 Å². The third kappa shape index (κ3) is 4.28. The number of carbonyl (C=O) groups excluding carboxylic acids is 2. The Morgan fingerprint density at radius 1 is 1.13 bits per heavy atom. The first-order valence-corrected chi connectivity index (χ1v) is 9.56. The standard InChI is InChI=1S/C18H24N2O2S/c21-17-16(5-1-2-10-19-17)23-13-14-6-8-15(9-7-14)18(22)20-11-3-4-12-20/h6-9,16H,1-5,10-13H2,(H,19,21). The van der Waals surface area contributed by atoms with Crippen LogP contribution in [0.25, 0.3) is 0 Å². The first kappa shape index (κ1) is 16.4. The number of nitrogens with one attached hydrogen (secondary N) is 1. The molecular formula is C18H24N2O2S. The molecule has 1 unspecified atom stereocenters. The summed E-state index contributed by atoms with van der Waals surface area (Å²) in [5.41, 5.74) is 1.94. The molecule has 0 spiro atoms. The number of carbonyl (C=O) groups is 2. The van der Waals surface area contributed by atoms with Gasteiger partial charge in [-0.25, -0.2) is 0 Å². The molecular weight excluding hydrogens is 308 g/mol.